The number of methoxy groups -OCH3 is 1. The second-order valence-electron chi connectivity index (χ2n) is 15.9. The first kappa shape index (κ1) is 47.6. The quantitative estimate of drug-likeness (QED) is 0.0823. The minimum Gasteiger partial charge on any atom is -0.506 e. The van der Waals surface area contributed by atoms with Crippen LogP contribution in [0.4, 0.5) is 0 Å². The Kier molecular flexibility index (Phi) is 14.8. The highest BCUT2D eigenvalue weighted by atomic mass is 79.9. The van der Waals surface area contributed by atoms with Gasteiger partial charge in [-0.05, 0) is 152 Å². The van der Waals surface area contributed by atoms with Crippen LogP contribution in [0.15, 0.2) is 89.4 Å². The first-order valence-electron chi connectivity index (χ1n) is 20.8. The Morgan fingerprint density at radius 2 is 1.06 bits per heavy atom. The molecule has 0 aliphatic rings. The summed E-state index contributed by atoms with van der Waals surface area (Å²) in [5.74, 6) is -2.36. The van der Waals surface area contributed by atoms with Crippen molar-refractivity contribution < 1.29 is 52.7 Å². The lowest BCUT2D eigenvalue weighted by Gasteiger charge is -2.20. The van der Waals surface area contributed by atoms with Crippen molar-refractivity contribution >= 4 is 39.8 Å². The van der Waals surface area contributed by atoms with Gasteiger partial charge in [-0.15, -0.1) is 0 Å². The molecule has 1 N–H and O–H groups in total. The third-order valence-electron chi connectivity index (χ3n) is 11.7. The summed E-state index contributed by atoms with van der Waals surface area (Å²) in [6.07, 6.45) is 0. The van der Waals surface area contributed by atoms with Gasteiger partial charge >= 0.3 is 23.9 Å². The molecular weight excluding hydrogens is 892 g/mol. The predicted molar refractivity (Wildman–Crippen MR) is 250 cm³/mol. The Morgan fingerprint density at radius 1 is 0.508 bits per heavy atom. The van der Waals surface area contributed by atoms with Gasteiger partial charge in [-0.1, -0.05) is 66.7 Å². The van der Waals surface area contributed by atoms with Crippen molar-refractivity contribution in [3.63, 3.8) is 0 Å². The van der Waals surface area contributed by atoms with Crippen molar-refractivity contribution in [1.29, 1.82) is 0 Å². The molecule has 0 aliphatic carbocycles. The molecule has 336 valence electrons. The number of hydrogen-bond donors (Lipinski definition) is 1. The van der Waals surface area contributed by atoms with Crippen molar-refractivity contribution in [3.05, 3.63) is 178 Å². The molecule has 0 atom stereocenters. The summed E-state index contributed by atoms with van der Waals surface area (Å²) >= 11 is 3.35. The summed E-state index contributed by atoms with van der Waals surface area (Å²) in [5, 5.41) is 11.4. The lowest BCUT2D eigenvalue weighted by molar-refractivity contribution is 0.0428. The van der Waals surface area contributed by atoms with Crippen LogP contribution in [0.25, 0.3) is 0 Å². The Hall–Kier alpha value is -6.92. The van der Waals surface area contributed by atoms with Crippen molar-refractivity contribution in [2.75, 3.05) is 7.11 Å². The molecule has 0 heterocycles. The van der Waals surface area contributed by atoms with E-state index in [-0.39, 0.29) is 51.6 Å². The number of carbonyl (C=O) groups is 4. The average Bonchev–Trinajstić information content (AvgIpc) is 3.28. The monoisotopic (exact) mass is 942 g/mol. The van der Waals surface area contributed by atoms with E-state index < -0.39 is 29.6 Å². The van der Waals surface area contributed by atoms with Crippen LogP contribution in [-0.4, -0.2) is 36.1 Å². The summed E-state index contributed by atoms with van der Waals surface area (Å²) < 4.78 is 34.9. The van der Waals surface area contributed by atoms with E-state index in [4.69, 9.17) is 28.4 Å². The molecule has 12 heteroatoms. The smallest absolute Gasteiger partial charge is 0.347 e. The molecule has 0 spiro atoms. The number of aryl methyl sites for hydroxylation is 4. The third kappa shape index (κ3) is 10.2. The number of hydrogen-bond acceptors (Lipinski definition) is 11. The fraction of sp³-hybridized carbons (Fsp3) is 0.245. The summed E-state index contributed by atoms with van der Waals surface area (Å²) in [7, 11) is 1.44. The van der Waals surface area contributed by atoms with Crippen LogP contribution in [0.3, 0.4) is 0 Å². The van der Waals surface area contributed by atoms with Gasteiger partial charge in [0.2, 0.25) is 0 Å². The second-order valence-corrected chi connectivity index (χ2v) is 16.7. The average molecular weight is 944 g/mol. The number of ether oxygens (including phenoxy) is 6. The summed E-state index contributed by atoms with van der Waals surface area (Å²) in [5.41, 5.74) is 8.13. The lowest BCUT2D eigenvalue weighted by atomic mass is 9.93. The third-order valence-corrected chi connectivity index (χ3v) is 12.4. The van der Waals surface area contributed by atoms with E-state index in [9.17, 15) is 24.3 Å². The minimum atomic E-state index is -0.876. The minimum absolute atomic E-state index is 0.00494. The van der Waals surface area contributed by atoms with E-state index in [1.165, 1.54) is 7.11 Å². The van der Waals surface area contributed by atoms with Gasteiger partial charge in [0.25, 0.3) is 0 Å². The summed E-state index contributed by atoms with van der Waals surface area (Å²) in [6, 6.07) is 25.8. The van der Waals surface area contributed by atoms with Crippen molar-refractivity contribution in [2.45, 2.75) is 82.1 Å². The number of phenolic OH excluding ortho intramolecular Hbond substituents is 1. The first-order chi connectivity index (χ1) is 30.9. The standard InChI is InChI=1S/C53H51BrO11/c1-28-21-29(2)40(45(32(28)5)51(57)62-26-38-19-15-12-16-20-38)27-63-50(56)43-31(4)23-41(33(6)34(43)7)64-53(59)46-35(8)36(9)49(47(54)48(46)55)65-52(58)44-30(3)22-39(24-42(44)60-10)61-25-37-17-13-11-14-18-37/h11-24,55H,25-27H2,1-10H3. The highest BCUT2D eigenvalue weighted by Gasteiger charge is 2.30. The topological polar surface area (TPSA) is 144 Å². The zero-order valence-electron chi connectivity index (χ0n) is 38.1. The molecule has 6 aromatic carbocycles. The molecule has 6 aromatic rings. The molecule has 0 unspecified atom stereocenters. The number of carbonyl (C=O) groups excluding carboxylic acids is 4. The SMILES string of the molecule is COc1cc(OCc2ccccc2)cc(C)c1C(=O)Oc1c(C)c(C)c(C(=O)Oc2cc(C)c(C(=O)OCc3c(C)cc(C)c(C)c3C(=O)OCc3ccccc3)c(C)c2C)c(O)c1Br. The van der Waals surface area contributed by atoms with Gasteiger partial charge in [-0.2, -0.15) is 0 Å². The number of rotatable bonds is 14. The van der Waals surface area contributed by atoms with Crippen LogP contribution in [0.2, 0.25) is 0 Å². The normalized spacial score (nSPS) is 10.9. The maximum absolute atomic E-state index is 13.9. The van der Waals surface area contributed by atoms with Gasteiger partial charge in [0, 0.05) is 11.6 Å². The number of phenols is 1. The van der Waals surface area contributed by atoms with Gasteiger partial charge in [0.1, 0.15) is 58.4 Å². The number of benzene rings is 6. The maximum atomic E-state index is 13.9. The van der Waals surface area contributed by atoms with E-state index in [1.54, 1.807) is 59.7 Å². The van der Waals surface area contributed by atoms with Gasteiger partial charge in [-0.3, -0.25) is 0 Å². The second kappa shape index (κ2) is 20.3. The first-order valence-corrected chi connectivity index (χ1v) is 21.6. The van der Waals surface area contributed by atoms with Crippen LogP contribution in [0.1, 0.15) is 108 Å². The van der Waals surface area contributed by atoms with Crippen LogP contribution in [-0.2, 0) is 29.3 Å². The van der Waals surface area contributed by atoms with E-state index in [0.29, 0.717) is 56.9 Å². The van der Waals surface area contributed by atoms with E-state index in [0.717, 1.165) is 27.8 Å². The molecule has 0 aromatic heterocycles. The van der Waals surface area contributed by atoms with Crippen LogP contribution in [0.5, 0.6) is 28.7 Å². The van der Waals surface area contributed by atoms with Crippen molar-refractivity contribution in [2.24, 2.45) is 0 Å². The van der Waals surface area contributed by atoms with Gasteiger partial charge < -0.3 is 33.5 Å². The van der Waals surface area contributed by atoms with Crippen LogP contribution >= 0.6 is 15.9 Å². The van der Waals surface area contributed by atoms with Crippen LogP contribution < -0.4 is 18.9 Å². The van der Waals surface area contributed by atoms with Crippen molar-refractivity contribution in [1.82, 2.24) is 0 Å². The molecular formula is C53H51BrO11. The number of halogens is 1. The maximum Gasteiger partial charge on any atom is 0.347 e. The molecule has 0 amide bonds. The Balaban J connectivity index is 1.19. The van der Waals surface area contributed by atoms with Crippen molar-refractivity contribution in [3.8, 4) is 28.7 Å². The number of esters is 4. The van der Waals surface area contributed by atoms with Crippen LogP contribution in [0, 0.1) is 62.3 Å². The fourth-order valence-electron chi connectivity index (χ4n) is 7.63. The van der Waals surface area contributed by atoms with E-state index in [1.807, 2.05) is 87.5 Å². The Labute approximate surface area is 387 Å². The highest BCUT2D eigenvalue weighted by Crippen LogP contribution is 2.44. The lowest BCUT2D eigenvalue weighted by Crippen LogP contribution is -2.17. The van der Waals surface area contributed by atoms with E-state index >= 15 is 0 Å². The summed E-state index contributed by atoms with van der Waals surface area (Å²) in [6.45, 7) is 15.9. The number of aromatic hydroxyl groups is 1. The molecule has 0 fully saturated rings. The molecule has 65 heavy (non-hydrogen) atoms. The zero-order chi connectivity index (χ0) is 47.3. The van der Waals surface area contributed by atoms with Gasteiger partial charge in [0.15, 0.2) is 5.75 Å². The molecule has 0 radical (unpaired) electrons. The molecule has 6 rings (SSSR count). The zero-order valence-corrected chi connectivity index (χ0v) is 39.7. The Bertz CT molecular complexity index is 2800. The molecule has 0 aliphatic heterocycles. The highest BCUT2D eigenvalue weighted by molar-refractivity contribution is 9.10. The van der Waals surface area contributed by atoms with Gasteiger partial charge in [0.05, 0.1) is 18.2 Å². The Morgan fingerprint density at radius 3 is 1.69 bits per heavy atom. The van der Waals surface area contributed by atoms with Gasteiger partial charge in [-0.25, -0.2) is 19.2 Å². The molecule has 0 saturated carbocycles. The predicted octanol–water partition coefficient (Wildman–Crippen LogP) is 11.7. The summed E-state index contributed by atoms with van der Waals surface area (Å²) in [4.78, 5) is 54.9. The fourth-order valence-corrected chi connectivity index (χ4v) is 8.20. The molecule has 0 bridgehead atoms. The largest absolute Gasteiger partial charge is 0.506 e. The molecule has 11 nitrogen and oxygen atoms in total. The van der Waals surface area contributed by atoms with E-state index in [2.05, 4.69) is 15.9 Å². The molecule has 0 saturated heterocycles.